The first kappa shape index (κ1) is 30.7. The molecule has 0 N–H and O–H groups in total. The zero-order chi connectivity index (χ0) is 31.8. The van der Waals surface area contributed by atoms with E-state index >= 15 is 0 Å². The molecule has 0 aliphatic carbocycles. The Balaban J connectivity index is 1.56. The van der Waals surface area contributed by atoms with Crippen LogP contribution in [0, 0.1) is 11.3 Å². The molecule has 0 bridgehead atoms. The van der Waals surface area contributed by atoms with E-state index < -0.39 is 0 Å². The highest BCUT2D eigenvalue weighted by Crippen LogP contribution is 2.37. The molecule has 1 atom stereocenters. The summed E-state index contributed by atoms with van der Waals surface area (Å²) in [4.78, 5) is 26.8. The zero-order valence-electron chi connectivity index (χ0n) is 26.6. The Morgan fingerprint density at radius 2 is 1.30 bits per heavy atom. The standard InChI is InChI=1S/C38H39O6/c1-37(2,3)33-21-23(19-31(43-33)25-9-13-27(41-7)14-10-25)17-29-35(39)30(36(29)40)18-24-20-32(44-34(22-24)38(4,5)6)26-11-15-28(42-8)16-12-26/h9-23H,1-8H3/q+1. The molecule has 5 rings (SSSR count). The fourth-order valence-electron chi connectivity index (χ4n) is 4.94. The molecule has 1 aliphatic heterocycles. The summed E-state index contributed by atoms with van der Waals surface area (Å²) < 4.78 is 23.1. The maximum atomic E-state index is 13.4. The van der Waals surface area contributed by atoms with E-state index in [1.807, 2.05) is 72.8 Å². The summed E-state index contributed by atoms with van der Waals surface area (Å²) in [5, 5.41) is 0.347. The lowest BCUT2D eigenvalue weighted by molar-refractivity contribution is 0.257. The van der Waals surface area contributed by atoms with E-state index in [0.29, 0.717) is 11.5 Å². The van der Waals surface area contributed by atoms with Crippen molar-refractivity contribution in [3.05, 3.63) is 126 Å². The first-order valence-electron chi connectivity index (χ1n) is 14.7. The number of allylic oxidation sites excluding steroid dienone is 3. The monoisotopic (exact) mass is 591 g/mol. The molecule has 3 aromatic carbocycles. The molecule has 44 heavy (non-hydrogen) atoms. The fourth-order valence-corrected chi connectivity index (χ4v) is 4.94. The lowest BCUT2D eigenvalue weighted by Crippen LogP contribution is -2.64. The van der Waals surface area contributed by atoms with Gasteiger partial charge in [-0.3, -0.25) is 9.59 Å². The highest BCUT2D eigenvalue weighted by molar-refractivity contribution is 5.66. The summed E-state index contributed by atoms with van der Waals surface area (Å²) in [7, 11) is 3.25. The molecule has 0 amide bonds. The van der Waals surface area contributed by atoms with Crippen molar-refractivity contribution in [2.24, 2.45) is 11.3 Å². The second-order valence-corrected chi connectivity index (χ2v) is 13.1. The molecule has 6 nitrogen and oxygen atoms in total. The van der Waals surface area contributed by atoms with E-state index in [9.17, 15) is 9.59 Å². The molecule has 1 unspecified atom stereocenters. The number of ether oxygens (including phenoxy) is 3. The maximum absolute atomic E-state index is 13.4. The third-order valence-corrected chi connectivity index (χ3v) is 7.60. The number of hydrogen-bond acceptors (Lipinski definition) is 5. The van der Waals surface area contributed by atoms with Gasteiger partial charge in [-0.1, -0.05) is 26.8 Å². The van der Waals surface area contributed by atoms with Gasteiger partial charge in [0.1, 0.15) is 23.0 Å². The van der Waals surface area contributed by atoms with Crippen molar-refractivity contribution >= 4 is 17.9 Å². The molecule has 1 aliphatic rings. The minimum Gasteiger partial charge on any atom is -0.497 e. The van der Waals surface area contributed by atoms with Crippen LogP contribution < -0.4 is 30.8 Å². The lowest BCUT2D eigenvalue weighted by atomic mass is 9.88. The van der Waals surface area contributed by atoms with Crippen molar-refractivity contribution in [1.29, 1.82) is 0 Å². The molecule has 0 fully saturated rings. The predicted molar refractivity (Wildman–Crippen MR) is 176 cm³/mol. The van der Waals surface area contributed by atoms with Crippen LogP contribution in [0.5, 0.6) is 11.5 Å². The van der Waals surface area contributed by atoms with Crippen molar-refractivity contribution in [2.45, 2.75) is 47.0 Å². The summed E-state index contributed by atoms with van der Waals surface area (Å²) in [6, 6.07) is 18.9. The molecule has 0 spiro atoms. The van der Waals surface area contributed by atoms with Crippen LogP contribution in [0.15, 0.2) is 92.6 Å². The number of rotatable bonds is 6. The Labute approximate surface area is 257 Å². The maximum Gasteiger partial charge on any atom is 0.360 e. The fraction of sp³-hybridized carbons (Fsp3) is 0.289. The Hall–Kier alpha value is -4.71. The van der Waals surface area contributed by atoms with Gasteiger partial charge in [0.05, 0.1) is 41.7 Å². The van der Waals surface area contributed by atoms with Crippen LogP contribution in [-0.2, 0) is 10.2 Å². The average molecular weight is 592 g/mol. The van der Waals surface area contributed by atoms with Gasteiger partial charge in [0.15, 0.2) is 0 Å². The van der Waals surface area contributed by atoms with Crippen LogP contribution in [0.1, 0.15) is 58.4 Å². The van der Waals surface area contributed by atoms with Crippen molar-refractivity contribution < 1.29 is 18.6 Å². The topological polar surface area (TPSA) is 73.1 Å². The van der Waals surface area contributed by atoms with Gasteiger partial charge in [-0.05, 0) is 93.1 Å². The van der Waals surface area contributed by atoms with E-state index in [-0.39, 0.29) is 38.0 Å². The van der Waals surface area contributed by atoms with E-state index in [1.165, 1.54) is 0 Å². The van der Waals surface area contributed by atoms with Gasteiger partial charge >= 0.3 is 11.5 Å². The van der Waals surface area contributed by atoms with Gasteiger partial charge in [0.2, 0.25) is 10.9 Å². The molecule has 2 heterocycles. The molecule has 1 aromatic heterocycles. The minimum atomic E-state index is -0.289. The van der Waals surface area contributed by atoms with Crippen molar-refractivity contribution in [1.82, 2.24) is 0 Å². The Bertz CT molecular complexity index is 1910. The number of methoxy groups -OCH3 is 2. The van der Waals surface area contributed by atoms with Crippen molar-refractivity contribution in [2.75, 3.05) is 14.2 Å². The van der Waals surface area contributed by atoms with Crippen molar-refractivity contribution in [3.8, 4) is 22.8 Å². The summed E-state index contributed by atoms with van der Waals surface area (Å²) >= 11 is 0. The van der Waals surface area contributed by atoms with Crippen molar-refractivity contribution in [3.63, 3.8) is 0 Å². The van der Waals surface area contributed by atoms with E-state index in [1.54, 1.807) is 26.4 Å². The molecule has 4 aromatic rings. The Morgan fingerprint density at radius 1 is 0.727 bits per heavy atom. The van der Waals surface area contributed by atoms with Crippen LogP contribution >= 0.6 is 0 Å². The highest BCUT2D eigenvalue weighted by atomic mass is 16.5. The zero-order valence-corrected chi connectivity index (χ0v) is 26.6. The first-order chi connectivity index (χ1) is 20.8. The Kier molecular flexibility index (Phi) is 8.21. The molecular weight excluding hydrogens is 552 g/mol. The third-order valence-electron chi connectivity index (χ3n) is 7.60. The van der Waals surface area contributed by atoms with Crippen LogP contribution in [0.3, 0.4) is 0 Å². The average Bonchev–Trinajstić information content (AvgIpc) is 3.01. The SMILES string of the molecule is COc1ccc(C2=CC(C=c3c(=O)c(=Cc4cc(-c5ccc(OC)cc5)[o+]c(C(C)(C)C)c4)c3=O)C=C(C(C)(C)C)O2)cc1. The third kappa shape index (κ3) is 6.45. The second-order valence-electron chi connectivity index (χ2n) is 13.1. The van der Waals surface area contributed by atoms with Gasteiger partial charge in [-0.2, -0.15) is 0 Å². The second kappa shape index (κ2) is 11.8. The van der Waals surface area contributed by atoms with Gasteiger partial charge in [-0.15, -0.1) is 0 Å². The smallest absolute Gasteiger partial charge is 0.360 e. The normalized spacial score (nSPS) is 15.2. The molecule has 6 heteroatoms. The minimum absolute atomic E-state index is 0.162. The van der Waals surface area contributed by atoms with Crippen LogP contribution in [0.25, 0.3) is 29.2 Å². The molecule has 0 saturated heterocycles. The molecule has 226 valence electrons. The number of hydrogen-bond donors (Lipinski definition) is 0. The van der Waals surface area contributed by atoms with E-state index in [4.69, 9.17) is 18.6 Å². The lowest BCUT2D eigenvalue weighted by Gasteiger charge is -2.29. The molecular formula is C38H39O6+. The summed E-state index contributed by atoms with van der Waals surface area (Å²) in [6.07, 6.45) is 7.31. The highest BCUT2D eigenvalue weighted by Gasteiger charge is 2.30. The van der Waals surface area contributed by atoms with Gasteiger partial charge < -0.3 is 14.2 Å². The van der Waals surface area contributed by atoms with E-state index in [2.05, 4.69) is 41.5 Å². The summed E-state index contributed by atoms with van der Waals surface area (Å²) in [5.41, 5.74) is 1.38. The van der Waals surface area contributed by atoms with Crippen LogP contribution in [-0.4, -0.2) is 14.2 Å². The van der Waals surface area contributed by atoms with Gasteiger partial charge in [-0.25, -0.2) is 4.42 Å². The van der Waals surface area contributed by atoms with Crippen LogP contribution in [0.2, 0.25) is 0 Å². The number of benzene rings is 2. The predicted octanol–water partition coefficient (Wildman–Crippen LogP) is 6.37. The summed E-state index contributed by atoms with van der Waals surface area (Å²) in [6.45, 7) is 12.4. The quantitative estimate of drug-likeness (QED) is 0.243. The van der Waals surface area contributed by atoms with Gasteiger partial charge in [0.25, 0.3) is 0 Å². The Morgan fingerprint density at radius 3 is 1.82 bits per heavy atom. The molecule has 0 saturated carbocycles. The molecule has 0 radical (unpaired) electrons. The van der Waals surface area contributed by atoms with Gasteiger partial charge in [0, 0.05) is 23.0 Å². The largest absolute Gasteiger partial charge is 0.497 e. The summed E-state index contributed by atoms with van der Waals surface area (Å²) in [5.74, 6) is 4.03. The van der Waals surface area contributed by atoms with E-state index in [0.717, 1.165) is 39.7 Å². The van der Waals surface area contributed by atoms with Crippen LogP contribution in [0.4, 0.5) is 0 Å². The first-order valence-corrected chi connectivity index (χ1v) is 14.7.